The first kappa shape index (κ1) is 23.6. The van der Waals surface area contributed by atoms with Crippen molar-refractivity contribution in [2.24, 2.45) is 0 Å². The van der Waals surface area contributed by atoms with Crippen LogP contribution in [0.2, 0.25) is 0 Å². The molecular formula is C27H23N3O5. The van der Waals surface area contributed by atoms with E-state index in [9.17, 15) is 19.7 Å². The number of non-ortho nitro benzene ring substituents is 1. The van der Waals surface area contributed by atoms with Gasteiger partial charge in [0.25, 0.3) is 5.69 Å². The van der Waals surface area contributed by atoms with Crippen LogP contribution < -0.4 is 0 Å². The van der Waals surface area contributed by atoms with Crippen LogP contribution in [0.4, 0.5) is 5.69 Å². The monoisotopic (exact) mass is 469 g/mol. The first-order valence-corrected chi connectivity index (χ1v) is 11.2. The van der Waals surface area contributed by atoms with Crippen molar-refractivity contribution in [3.05, 3.63) is 112 Å². The Labute approximate surface area is 201 Å². The number of nitrogens with zero attached hydrogens (tertiary/aromatic N) is 3. The predicted molar refractivity (Wildman–Crippen MR) is 131 cm³/mol. The number of ether oxygens (including phenoxy) is 1. The molecule has 0 bridgehead atoms. The zero-order chi connectivity index (χ0) is 24.8. The molecule has 0 radical (unpaired) electrons. The Bertz CT molecular complexity index is 1360. The second-order valence-corrected chi connectivity index (χ2v) is 7.81. The molecule has 35 heavy (non-hydrogen) atoms. The fourth-order valence-corrected chi connectivity index (χ4v) is 3.68. The van der Waals surface area contributed by atoms with Gasteiger partial charge in [0.15, 0.2) is 11.5 Å². The molecule has 0 aliphatic heterocycles. The number of ketones is 1. The first-order chi connectivity index (χ1) is 17.0. The summed E-state index contributed by atoms with van der Waals surface area (Å²) in [6, 6.07) is 23.5. The van der Waals surface area contributed by atoms with Crippen LogP contribution in [0.1, 0.15) is 46.2 Å². The lowest BCUT2D eigenvalue weighted by Gasteiger charge is -2.10. The molecule has 1 heterocycles. The van der Waals surface area contributed by atoms with Crippen LogP contribution in [-0.2, 0) is 4.74 Å². The van der Waals surface area contributed by atoms with E-state index in [1.807, 2.05) is 13.0 Å². The second kappa shape index (κ2) is 10.6. The summed E-state index contributed by atoms with van der Waals surface area (Å²) in [5.41, 5.74) is 1.50. The van der Waals surface area contributed by atoms with Crippen molar-refractivity contribution in [1.82, 2.24) is 9.78 Å². The largest absolute Gasteiger partial charge is 0.461 e. The number of nitro benzene ring substituents is 1. The minimum atomic E-state index is -0.723. The average Bonchev–Trinajstić information content (AvgIpc) is 3.30. The maximum atomic E-state index is 13.7. The zero-order valence-corrected chi connectivity index (χ0v) is 19.1. The Morgan fingerprint density at radius 2 is 1.66 bits per heavy atom. The van der Waals surface area contributed by atoms with Gasteiger partial charge in [-0.15, -0.1) is 0 Å². The average molecular weight is 469 g/mol. The number of rotatable bonds is 9. The molecule has 8 nitrogen and oxygen atoms in total. The molecule has 1 aromatic heterocycles. The molecule has 0 spiro atoms. The molecule has 8 heteroatoms. The number of carbonyl (C=O) groups excluding carboxylic acids is 2. The van der Waals surface area contributed by atoms with E-state index in [0.717, 1.165) is 6.42 Å². The van der Waals surface area contributed by atoms with Crippen LogP contribution in [0.15, 0.2) is 84.9 Å². The van der Waals surface area contributed by atoms with Crippen molar-refractivity contribution < 1.29 is 19.2 Å². The van der Waals surface area contributed by atoms with Gasteiger partial charge in [0.2, 0.25) is 0 Å². The molecular weight excluding hydrogens is 446 g/mol. The van der Waals surface area contributed by atoms with Gasteiger partial charge in [-0.25, -0.2) is 9.48 Å². The number of hydrogen-bond donors (Lipinski definition) is 0. The van der Waals surface area contributed by atoms with Gasteiger partial charge in [0.1, 0.15) is 0 Å². The third kappa shape index (κ3) is 5.01. The predicted octanol–water partition coefficient (Wildman–Crippen LogP) is 5.64. The quantitative estimate of drug-likeness (QED) is 0.103. The molecule has 0 fully saturated rings. The van der Waals surface area contributed by atoms with Crippen molar-refractivity contribution >= 4 is 17.4 Å². The Balaban J connectivity index is 1.99. The van der Waals surface area contributed by atoms with Crippen LogP contribution in [0.5, 0.6) is 0 Å². The maximum absolute atomic E-state index is 13.7. The lowest BCUT2D eigenvalue weighted by atomic mass is 9.97. The van der Waals surface area contributed by atoms with Crippen LogP contribution in [-0.4, -0.2) is 33.1 Å². The van der Waals surface area contributed by atoms with E-state index < -0.39 is 16.7 Å². The van der Waals surface area contributed by atoms with Crippen LogP contribution in [0.3, 0.4) is 0 Å². The third-order valence-electron chi connectivity index (χ3n) is 5.41. The van der Waals surface area contributed by atoms with Crippen LogP contribution in [0.25, 0.3) is 16.9 Å². The summed E-state index contributed by atoms with van der Waals surface area (Å²) in [6.45, 7) is 2.17. The van der Waals surface area contributed by atoms with Crippen molar-refractivity contribution in [2.45, 2.75) is 19.8 Å². The lowest BCUT2D eigenvalue weighted by Crippen LogP contribution is -2.13. The zero-order valence-electron chi connectivity index (χ0n) is 19.1. The third-order valence-corrected chi connectivity index (χ3v) is 5.41. The molecule has 0 aliphatic rings. The summed E-state index contributed by atoms with van der Waals surface area (Å²) in [5, 5.41) is 15.9. The molecule has 4 rings (SSSR count). The fourth-order valence-electron chi connectivity index (χ4n) is 3.68. The lowest BCUT2D eigenvalue weighted by molar-refractivity contribution is -0.384. The highest BCUT2D eigenvalue weighted by Gasteiger charge is 2.31. The maximum Gasteiger partial charge on any atom is 0.359 e. The van der Waals surface area contributed by atoms with E-state index in [4.69, 9.17) is 4.74 Å². The molecule has 0 saturated heterocycles. The second-order valence-electron chi connectivity index (χ2n) is 7.81. The number of carbonyl (C=O) groups is 2. The minimum Gasteiger partial charge on any atom is -0.461 e. The first-order valence-electron chi connectivity index (χ1n) is 11.2. The standard InChI is InChI=1S/C27H23N3O5/c1-2-3-17-35-27(32)24-23(26(31)20-13-8-5-9-14-20)25(19-11-6-4-7-12-19)29(28-24)21-15-10-16-22(18-21)30(33)34/h4-16,18H,2-3,17H2,1H3. The number of hydrogen-bond acceptors (Lipinski definition) is 6. The minimum absolute atomic E-state index is 0.0791. The number of nitro groups is 1. The number of esters is 1. The van der Waals surface area contributed by atoms with E-state index in [2.05, 4.69) is 5.10 Å². The van der Waals surface area contributed by atoms with Crippen molar-refractivity contribution in [2.75, 3.05) is 6.61 Å². The molecule has 4 aromatic rings. The molecule has 0 saturated carbocycles. The van der Waals surface area contributed by atoms with Crippen LogP contribution in [0, 0.1) is 10.1 Å². The number of unbranched alkanes of at least 4 members (excludes halogenated alkanes) is 1. The SMILES string of the molecule is CCCCOC(=O)c1nn(-c2cccc([N+](=O)[O-])c2)c(-c2ccccc2)c1C(=O)c1ccccc1. The molecule has 0 aliphatic carbocycles. The highest BCUT2D eigenvalue weighted by molar-refractivity contribution is 6.17. The molecule has 176 valence electrons. The Morgan fingerprint density at radius 3 is 2.31 bits per heavy atom. The van der Waals surface area contributed by atoms with E-state index in [1.165, 1.54) is 22.9 Å². The van der Waals surface area contributed by atoms with Gasteiger partial charge < -0.3 is 4.74 Å². The van der Waals surface area contributed by atoms with Crippen LogP contribution >= 0.6 is 0 Å². The van der Waals surface area contributed by atoms with Gasteiger partial charge in [-0.1, -0.05) is 80.1 Å². The normalized spacial score (nSPS) is 10.7. The van der Waals surface area contributed by atoms with Crippen molar-refractivity contribution in [3.8, 4) is 16.9 Å². The summed E-state index contributed by atoms with van der Waals surface area (Å²) in [7, 11) is 0. The van der Waals surface area contributed by atoms with Gasteiger partial charge in [-0.3, -0.25) is 14.9 Å². The molecule has 0 atom stereocenters. The Morgan fingerprint density at radius 1 is 0.971 bits per heavy atom. The summed E-state index contributed by atoms with van der Waals surface area (Å²) < 4.78 is 6.82. The van der Waals surface area contributed by atoms with Gasteiger partial charge >= 0.3 is 5.97 Å². The van der Waals surface area contributed by atoms with Gasteiger partial charge in [-0.05, 0) is 12.5 Å². The van der Waals surface area contributed by atoms with Crippen molar-refractivity contribution in [1.29, 1.82) is 0 Å². The van der Waals surface area contributed by atoms with Gasteiger partial charge in [0, 0.05) is 23.3 Å². The summed E-state index contributed by atoms with van der Waals surface area (Å²) in [5.74, 6) is -1.12. The Hall–Kier alpha value is -4.59. The smallest absolute Gasteiger partial charge is 0.359 e. The van der Waals surface area contributed by atoms with E-state index in [1.54, 1.807) is 60.7 Å². The van der Waals surface area contributed by atoms with Crippen molar-refractivity contribution in [3.63, 3.8) is 0 Å². The highest BCUT2D eigenvalue weighted by atomic mass is 16.6. The van der Waals surface area contributed by atoms with Gasteiger partial charge in [-0.2, -0.15) is 5.10 Å². The fraction of sp³-hybridized carbons (Fsp3) is 0.148. The molecule has 0 N–H and O–H groups in total. The number of aromatic nitrogens is 2. The van der Waals surface area contributed by atoms with E-state index in [0.29, 0.717) is 28.9 Å². The topological polar surface area (TPSA) is 104 Å². The van der Waals surface area contributed by atoms with E-state index >= 15 is 0 Å². The summed E-state index contributed by atoms with van der Waals surface area (Å²) in [6.07, 6.45) is 1.51. The summed E-state index contributed by atoms with van der Waals surface area (Å²) in [4.78, 5) is 37.8. The van der Waals surface area contributed by atoms with Gasteiger partial charge in [0.05, 0.1) is 28.5 Å². The molecule has 0 unspecified atom stereocenters. The Kier molecular flexibility index (Phi) is 7.11. The summed E-state index contributed by atoms with van der Waals surface area (Å²) >= 11 is 0. The highest BCUT2D eigenvalue weighted by Crippen LogP contribution is 2.32. The van der Waals surface area contributed by atoms with E-state index in [-0.39, 0.29) is 23.6 Å². The molecule has 0 amide bonds. The number of benzene rings is 3. The molecule has 3 aromatic carbocycles.